The topological polar surface area (TPSA) is 96.2 Å². The van der Waals surface area contributed by atoms with Gasteiger partial charge in [0.2, 0.25) is 11.6 Å². The lowest BCUT2D eigenvalue weighted by Gasteiger charge is -2.14. The van der Waals surface area contributed by atoms with E-state index in [1.165, 1.54) is 25.8 Å². The highest BCUT2D eigenvalue weighted by molar-refractivity contribution is 6.04. The number of amides is 1. The minimum Gasteiger partial charge on any atom is -0.493 e. The van der Waals surface area contributed by atoms with Gasteiger partial charge in [-0.3, -0.25) is 4.79 Å². The highest BCUT2D eigenvalue weighted by Gasteiger charge is 2.18. The lowest BCUT2D eigenvalue weighted by molar-refractivity contribution is 0.102. The van der Waals surface area contributed by atoms with E-state index < -0.39 is 0 Å². The third-order valence-electron chi connectivity index (χ3n) is 3.80. The second kappa shape index (κ2) is 7.81. The molecule has 3 aromatic rings. The van der Waals surface area contributed by atoms with Crippen molar-refractivity contribution in [1.29, 1.82) is 0 Å². The van der Waals surface area contributed by atoms with Crippen LogP contribution >= 0.6 is 0 Å². The number of carbonyl (C=O) groups is 1. The quantitative estimate of drug-likeness (QED) is 0.680. The van der Waals surface area contributed by atoms with Gasteiger partial charge in [0.25, 0.3) is 5.91 Å². The van der Waals surface area contributed by atoms with Gasteiger partial charge in [-0.05, 0) is 19.1 Å². The standard InChI is InChI=1S/C18H20N4O5/c1-5-27-16-10-15(22-14(20-16)6-7-19-22)21-18(23)11-8-12(24-2)17(26-4)13(9-11)25-3/h6-10H,5H2,1-4H3,(H,21,23). The number of nitrogens with one attached hydrogen (secondary N) is 1. The highest BCUT2D eigenvalue weighted by atomic mass is 16.5. The molecule has 3 rings (SSSR count). The molecule has 142 valence electrons. The van der Waals surface area contributed by atoms with Gasteiger partial charge in [0.1, 0.15) is 5.82 Å². The molecule has 2 heterocycles. The van der Waals surface area contributed by atoms with Crippen LogP contribution in [0.4, 0.5) is 5.82 Å². The highest BCUT2D eigenvalue weighted by Crippen LogP contribution is 2.38. The minimum absolute atomic E-state index is 0.333. The summed E-state index contributed by atoms with van der Waals surface area (Å²) in [5.74, 6) is 1.62. The van der Waals surface area contributed by atoms with Crippen LogP contribution in [0.15, 0.2) is 30.5 Å². The predicted octanol–water partition coefficient (Wildman–Crippen LogP) is 2.41. The van der Waals surface area contributed by atoms with E-state index in [1.54, 1.807) is 30.5 Å². The molecule has 0 radical (unpaired) electrons. The second-order valence-electron chi connectivity index (χ2n) is 5.38. The zero-order chi connectivity index (χ0) is 19.4. The van der Waals surface area contributed by atoms with Crippen molar-refractivity contribution in [3.8, 4) is 23.1 Å². The Morgan fingerprint density at radius 2 is 1.81 bits per heavy atom. The fourth-order valence-corrected chi connectivity index (χ4v) is 2.60. The molecule has 0 saturated carbocycles. The number of aromatic nitrogens is 3. The monoisotopic (exact) mass is 372 g/mol. The molecule has 1 amide bonds. The van der Waals surface area contributed by atoms with Crippen LogP contribution in [0, 0.1) is 0 Å². The van der Waals surface area contributed by atoms with Crippen molar-refractivity contribution in [1.82, 2.24) is 14.6 Å². The van der Waals surface area contributed by atoms with Crippen LogP contribution in [0.5, 0.6) is 23.1 Å². The van der Waals surface area contributed by atoms with Crippen LogP contribution in [0.25, 0.3) is 5.65 Å². The van der Waals surface area contributed by atoms with Crippen molar-refractivity contribution in [3.63, 3.8) is 0 Å². The number of fused-ring (bicyclic) bond motifs is 1. The Morgan fingerprint density at radius 1 is 1.11 bits per heavy atom. The van der Waals surface area contributed by atoms with Crippen LogP contribution in [-0.2, 0) is 0 Å². The van der Waals surface area contributed by atoms with Gasteiger partial charge >= 0.3 is 0 Å². The molecule has 0 unspecified atom stereocenters. The van der Waals surface area contributed by atoms with Crippen molar-refractivity contribution in [2.75, 3.05) is 33.3 Å². The first-order valence-electron chi connectivity index (χ1n) is 8.20. The number of nitrogens with zero attached hydrogens (tertiary/aromatic N) is 3. The van der Waals surface area contributed by atoms with Gasteiger partial charge in [-0.25, -0.2) is 0 Å². The molecule has 2 aromatic heterocycles. The number of ether oxygens (including phenoxy) is 4. The average molecular weight is 372 g/mol. The molecule has 1 aromatic carbocycles. The van der Waals surface area contributed by atoms with Gasteiger partial charge in [0, 0.05) is 17.7 Å². The molecule has 9 nitrogen and oxygen atoms in total. The molecule has 1 N–H and O–H groups in total. The van der Waals surface area contributed by atoms with Gasteiger partial charge in [0.15, 0.2) is 17.1 Å². The Balaban J connectivity index is 1.98. The summed E-state index contributed by atoms with van der Waals surface area (Å²) >= 11 is 0. The van der Waals surface area contributed by atoms with Crippen molar-refractivity contribution in [2.24, 2.45) is 0 Å². The molecule has 0 aliphatic rings. The second-order valence-corrected chi connectivity index (χ2v) is 5.38. The lowest BCUT2D eigenvalue weighted by atomic mass is 10.1. The maximum atomic E-state index is 12.8. The summed E-state index contributed by atoms with van der Waals surface area (Å²) in [6, 6.07) is 6.47. The number of anilines is 1. The molecule has 0 aliphatic heterocycles. The van der Waals surface area contributed by atoms with Crippen LogP contribution in [0.1, 0.15) is 17.3 Å². The molecular weight excluding hydrogens is 352 g/mol. The first kappa shape index (κ1) is 18.3. The smallest absolute Gasteiger partial charge is 0.257 e. The van der Waals surface area contributed by atoms with Crippen LogP contribution in [-0.4, -0.2) is 48.4 Å². The van der Waals surface area contributed by atoms with E-state index >= 15 is 0 Å². The number of benzene rings is 1. The van der Waals surface area contributed by atoms with E-state index in [4.69, 9.17) is 18.9 Å². The number of rotatable bonds is 7. The van der Waals surface area contributed by atoms with Crippen LogP contribution < -0.4 is 24.3 Å². The summed E-state index contributed by atoms with van der Waals surface area (Å²) in [6.45, 7) is 2.31. The van der Waals surface area contributed by atoms with Crippen LogP contribution in [0.2, 0.25) is 0 Å². The number of hydrogen-bond acceptors (Lipinski definition) is 7. The zero-order valence-corrected chi connectivity index (χ0v) is 15.5. The van der Waals surface area contributed by atoms with E-state index in [-0.39, 0.29) is 5.91 Å². The van der Waals surface area contributed by atoms with E-state index in [9.17, 15) is 4.79 Å². The number of hydrogen-bond donors (Lipinski definition) is 1. The normalized spacial score (nSPS) is 10.5. The Morgan fingerprint density at radius 3 is 2.41 bits per heavy atom. The van der Waals surface area contributed by atoms with Crippen LogP contribution in [0.3, 0.4) is 0 Å². The summed E-state index contributed by atoms with van der Waals surface area (Å²) in [5.41, 5.74) is 0.890. The largest absolute Gasteiger partial charge is 0.493 e. The molecule has 9 heteroatoms. The van der Waals surface area contributed by atoms with Crippen molar-refractivity contribution in [2.45, 2.75) is 6.92 Å². The molecule has 0 fully saturated rings. The Kier molecular flexibility index (Phi) is 5.30. The first-order valence-corrected chi connectivity index (χ1v) is 8.20. The summed E-state index contributed by atoms with van der Waals surface area (Å²) in [7, 11) is 4.48. The lowest BCUT2D eigenvalue weighted by Crippen LogP contribution is -2.16. The summed E-state index contributed by atoms with van der Waals surface area (Å²) < 4.78 is 22.8. The molecular formula is C18H20N4O5. The fraction of sp³-hybridized carbons (Fsp3) is 0.278. The fourth-order valence-electron chi connectivity index (χ4n) is 2.60. The van der Waals surface area contributed by atoms with E-state index in [0.717, 1.165) is 0 Å². The molecule has 0 bridgehead atoms. The maximum Gasteiger partial charge on any atom is 0.257 e. The maximum absolute atomic E-state index is 12.8. The van der Waals surface area contributed by atoms with Gasteiger partial charge in [-0.15, -0.1) is 0 Å². The Bertz CT molecular complexity index is 945. The van der Waals surface area contributed by atoms with E-state index in [0.29, 0.717) is 46.8 Å². The van der Waals surface area contributed by atoms with Crippen molar-refractivity contribution < 1.29 is 23.7 Å². The zero-order valence-electron chi connectivity index (χ0n) is 15.5. The molecule has 0 spiro atoms. The van der Waals surface area contributed by atoms with Crippen molar-refractivity contribution >= 4 is 17.4 Å². The minimum atomic E-state index is -0.375. The Hall–Kier alpha value is -3.49. The Labute approximate surface area is 155 Å². The predicted molar refractivity (Wildman–Crippen MR) is 98.2 cm³/mol. The summed E-state index contributed by atoms with van der Waals surface area (Å²) in [4.78, 5) is 17.1. The number of carbonyl (C=O) groups excluding carboxylic acids is 1. The van der Waals surface area contributed by atoms with E-state index in [1.807, 2.05) is 6.92 Å². The van der Waals surface area contributed by atoms with Gasteiger partial charge in [-0.2, -0.15) is 14.6 Å². The third-order valence-corrected chi connectivity index (χ3v) is 3.80. The first-order chi connectivity index (χ1) is 13.1. The molecule has 0 saturated heterocycles. The SMILES string of the molecule is CCOc1cc(NC(=O)c2cc(OC)c(OC)c(OC)c2)n2nccc2n1. The summed E-state index contributed by atoms with van der Waals surface area (Å²) in [6.07, 6.45) is 1.59. The van der Waals surface area contributed by atoms with Gasteiger partial charge in [-0.1, -0.05) is 0 Å². The average Bonchev–Trinajstić information content (AvgIpc) is 3.15. The molecule has 0 aliphatic carbocycles. The van der Waals surface area contributed by atoms with E-state index in [2.05, 4.69) is 15.4 Å². The molecule has 27 heavy (non-hydrogen) atoms. The summed E-state index contributed by atoms with van der Waals surface area (Å²) in [5, 5.41) is 6.99. The van der Waals surface area contributed by atoms with Gasteiger partial charge in [0.05, 0.1) is 34.1 Å². The molecule has 0 atom stereocenters. The van der Waals surface area contributed by atoms with Gasteiger partial charge < -0.3 is 24.3 Å². The third kappa shape index (κ3) is 3.57. The number of methoxy groups -OCH3 is 3. The van der Waals surface area contributed by atoms with Crippen molar-refractivity contribution in [3.05, 3.63) is 36.0 Å².